The van der Waals surface area contributed by atoms with Crippen LogP contribution < -0.4 is 10.1 Å². The van der Waals surface area contributed by atoms with Gasteiger partial charge in [-0.3, -0.25) is 19.9 Å². The van der Waals surface area contributed by atoms with Gasteiger partial charge in [-0.25, -0.2) is 0 Å². The van der Waals surface area contributed by atoms with Crippen LogP contribution in [0.15, 0.2) is 48.7 Å². The summed E-state index contributed by atoms with van der Waals surface area (Å²) < 4.78 is 5.81. The van der Waals surface area contributed by atoms with Gasteiger partial charge in [-0.05, 0) is 36.2 Å². The number of nitrogens with zero attached hydrogens (tertiary/aromatic N) is 1. The van der Waals surface area contributed by atoms with Crippen molar-refractivity contribution in [2.75, 3.05) is 6.61 Å². The number of hydrogen-bond acceptors (Lipinski definition) is 5. The van der Waals surface area contributed by atoms with Gasteiger partial charge in [0.15, 0.2) is 0 Å². The zero-order chi connectivity index (χ0) is 16.9. The number of aromatic nitrogens is 1. The Balaban J connectivity index is 1.53. The number of hydrogen-bond donors (Lipinski definition) is 1. The molecule has 2 heterocycles. The van der Waals surface area contributed by atoms with E-state index < -0.39 is 0 Å². The summed E-state index contributed by atoms with van der Waals surface area (Å²) >= 11 is 1.05. The Bertz CT molecular complexity index is 719. The second-order valence-electron chi connectivity index (χ2n) is 5.70. The fourth-order valence-corrected chi connectivity index (χ4v) is 3.30. The van der Waals surface area contributed by atoms with Crippen molar-refractivity contribution >= 4 is 22.9 Å². The first-order valence-corrected chi connectivity index (χ1v) is 8.64. The van der Waals surface area contributed by atoms with E-state index in [-0.39, 0.29) is 22.3 Å². The van der Waals surface area contributed by atoms with Gasteiger partial charge in [0.1, 0.15) is 5.75 Å². The summed E-state index contributed by atoms with van der Waals surface area (Å²) in [5.74, 6) is 0.770. The Hall–Kier alpha value is -2.34. The number of rotatable bonds is 6. The second kappa shape index (κ2) is 7.49. The van der Waals surface area contributed by atoms with Crippen molar-refractivity contribution in [2.24, 2.45) is 0 Å². The minimum atomic E-state index is -0.339. The molecule has 1 aliphatic rings. The average Bonchev–Trinajstić information content (AvgIpc) is 2.92. The fourth-order valence-electron chi connectivity index (χ4n) is 2.44. The molecule has 124 valence electrons. The minimum absolute atomic E-state index is 0.204. The number of amides is 2. The molecule has 1 N–H and O–H groups in total. The van der Waals surface area contributed by atoms with Gasteiger partial charge >= 0.3 is 0 Å². The van der Waals surface area contributed by atoms with Crippen molar-refractivity contribution in [1.82, 2.24) is 10.3 Å². The maximum atomic E-state index is 11.6. The van der Waals surface area contributed by atoms with E-state index in [2.05, 4.69) is 17.2 Å². The SMILES string of the molecule is CC(COc1ccc(CC2SC(=O)NC2=O)cc1)c1ccccn1. The van der Waals surface area contributed by atoms with Gasteiger partial charge in [0, 0.05) is 17.8 Å². The van der Waals surface area contributed by atoms with Crippen molar-refractivity contribution in [3.05, 3.63) is 59.9 Å². The molecule has 0 saturated carbocycles. The van der Waals surface area contributed by atoms with Crippen molar-refractivity contribution < 1.29 is 14.3 Å². The third-order valence-corrected chi connectivity index (χ3v) is 4.79. The van der Waals surface area contributed by atoms with Gasteiger partial charge in [0.2, 0.25) is 5.91 Å². The van der Waals surface area contributed by atoms with Gasteiger partial charge in [-0.15, -0.1) is 0 Å². The lowest BCUT2D eigenvalue weighted by molar-refractivity contribution is -0.118. The fraction of sp³-hybridized carbons (Fsp3) is 0.278. The standard InChI is InChI=1S/C18H18N2O3S/c1-12(15-4-2-3-9-19-15)11-23-14-7-5-13(6-8-14)10-16-17(21)20-18(22)24-16/h2-9,12,16H,10-11H2,1H3,(H,20,21,22). The molecule has 1 fully saturated rings. The predicted octanol–water partition coefficient (Wildman–Crippen LogP) is 3.16. The third kappa shape index (κ3) is 4.14. The van der Waals surface area contributed by atoms with Gasteiger partial charge in [0.05, 0.1) is 11.9 Å². The van der Waals surface area contributed by atoms with Crippen molar-refractivity contribution in [3.8, 4) is 5.75 Å². The van der Waals surface area contributed by atoms with Crippen LogP contribution >= 0.6 is 11.8 Å². The molecule has 1 aromatic heterocycles. The second-order valence-corrected chi connectivity index (χ2v) is 6.87. The van der Waals surface area contributed by atoms with E-state index in [4.69, 9.17) is 4.74 Å². The van der Waals surface area contributed by atoms with Gasteiger partial charge in [-0.2, -0.15) is 0 Å². The molecular formula is C18H18N2O3S. The van der Waals surface area contributed by atoms with E-state index in [0.29, 0.717) is 13.0 Å². The zero-order valence-corrected chi connectivity index (χ0v) is 14.1. The summed E-state index contributed by atoms with van der Waals surface area (Å²) in [6, 6.07) is 13.5. The zero-order valence-electron chi connectivity index (χ0n) is 13.3. The highest BCUT2D eigenvalue weighted by Gasteiger charge is 2.31. The van der Waals surface area contributed by atoms with Crippen molar-refractivity contribution in [3.63, 3.8) is 0 Å². The molecule has 2 atom stereocenters. The molecule has 0 spiro atoms. The maximum absolute atomic E-state index is 11.6. The Morgan fingerprint density at radius 3 is 2.62 bits per heavy atom. The van der Waals surface area contributed by atoms with Crippen LogP contribution in [0.1, 0.15) is 24.1 Å². The smallest absolute Gasteiger partial charge is 0.286 e. The molecule has 24 heavy (non-hydrogen) atoms. The molecule has 3 rings (SSSR count). The van der Waals surface area contributed by atoms with E-state index in [9.17, 15) is 9.59 Å². The predicted molar refractivity (Wildman–Crippen MR) is 93.2 cm³/mol. The molecular weight excluding hydrogens is 324 g/mol. The molecule has 1 aliphatic heterocycles. The van der Waals surface area contributed by atoms with Crippen LogP contribution in [0.5, 0.6) is 5.75 Å². The van der Waals surface area contributed by atoms with Crippen LogP contribution in [-0.4, -0.2) is 28.0 Å². The quantitative estimate of drug-likeness (QED) is 0.873. The Morgan fingerprint density at radius 1 is 1.21 bits per heavy atom. The van der Waals surface area contributed by atoms with Crippen molar-refractivity contribution in [1.29, 1.82) is 0 Å². The molecule has 0 bridgehead atoms. The number of benzene rings is 1. The number of carbonyl (C=O) groups excluding carboxylic acids is 2. The molecule has 5 nitrogen and oxygen atoms in total. The van der Waals surface area contributed by atoms with E-state index in [1.165, 1.54) is 0 Å². The summed E-state index contributed by atoms with van der Waals surface area (Å²) in [5, 5.41) is 1.69. The first-order chi connectivity index (χ1) is 11.6. The number of nitrogens with one attached hydrogen (secondary N) is 1. The Morgan fingerprint density at radius 2 is 2.00 bits per heavy atom. The largest absolute Gasteiger partial charge is 0.493 e. The normalized spacial score (nSPS) is 18.3. The topological polar surface area (TPSA) is 68.3 Å². The summed E-state index contributed by atoms with van der Waals surface area (Å²) in [6.07, 6.45) is 2.31. The summed E-state index contributed by atoms with van der Waals surface area (Å²) in [7, 11) is 0. The van der Waals surface area contributed by atoms with Crippen LogP contribution in [0.25, 0.3) is 0 Å². The first-order valence-electron chi connectivity index (χ1n) is 7.76. The van der Waals surface area contributed by atoms with Crippen LogP contribution in [0.4, 0.5) is 4.79 Å². The highest BCUT2D eigenvalue weighted by Crippen LogP contribution is 2.24. The molecule has 1 saturated heterocycles. The number of imide groups is 1. The van der Waals surface area contributed by atoms with Crippen molar-refractivity contribution in [2.45, 2.75) is 24.5 Å². The van der Waals surface area contributed by atoms with E-state index in [1.807, 2.05) is 42.5 Å². The Labute approximate surface area is 144 Å². The summed E-state index contributed by atoms with van der Waals surface area (Å²) in [5.41, 5.74) is 2.01. The number of pyridine rings is 1. The summed E-state index contributed by atoms with van der Waals surface area (Å²) in [4.78, 5) is 27.1. The van der Waals surface area contributed by atoms with E-state index in [1.54, 1.807) is 6.20 Å². The molecule has 0 radical (unpaired) electrons. The van der Waals surface area contributed by atoms with Gasteiger partial charge in [0.25, 0.3) is 5.24 Å². The van der Waals surface area contributed by atoms with Crippen LogP contribution in [0, 0.1) is 0 Å². The minimum Gasteiger partial charge on any atom is -0.493 e. The van der Waals surface area contributed by atoms with Crippen LogP contribution in [0.3, 0.4) is 0 Å². The number of thioether (sulfide) groups is 1. The highest BCUT2D eigenvalue weighted by atomic mass is 32.2. The molecule has 2 aromatic rings. The molecule has 2 amide bonds. The number of ether oxygens (including phenoxy) is 1. The van der Waals surface area contributed by atoms with Gasteiger partial charge < -0.3 is 4.74 Å². The van der Waals surface area contributed by atoms with E-state index >= 15 is 0 Å². The lowest BCUT2D eigenvalue weighted by atomic mass is 10.1. The monoisotopic (exact) mass is 342 g/mol. The Kier molecular flexibility index (Phi) is 5.15. The third-order valence-electron chi connectivity index (χ3n) is 3.80. The van der Waals surface area contributed by atoms with Crippen LogP contribution in [0.2, 0.25) is 0 Å². The lowest BCUT2D eigenvalue weighted by Gasteiger charge is -2.13. The molecule has 1 aromatic carbocycles. The van der Waals surface area contributed by atoms with E-state index in [0.717, 1.165) is 28.8 Å². The summed E-state index contributed by atoms with van der Waals surface area (Å²) in [6.45, 7) is 2.62. The van der Waals surface area contributed by atoms with Gasteiger partial charge in [-0.1, -0.05) is 36.9 Å². The van der Waals surface area contributed by atoms with Crippen LogP contribution in [-0.2, 0) is 11.2 Å². The average molecular weight is 342 g/mol. The maximum Gasteiger partial charge on any atom is 0.286 e. The molecule has 6 heteroatoms. The first kappa shape index (κ1) is 16.5. The number of carbonyl (C=O) groups is 2. The molecule has 2 unspecified atom stereocenters. The molecule has 0 aliphatic carbocycles. The highest BCUT2D eigenvalue weighted by molar-refractivity contribution is 8.15. The lowest BCUT2D eigenvalue weighted by Crippen LogP contribution is -2.25.